The van der Waals surface area contributed by atoms with Gasteiger partial charge in [0.25, 0.3) is 5.91 Å². The lowest BCUT2D eigenvalue weighted by atomic mass is 10.0. The molecular weight excluding hydrogens is 634 g/mol. The Labute approximate surface area is 264 Å². The highest BCUT2D eigenvalue weighted by molar-refractivity contribution is 9.10. The number of nitrogens with zero attached hydrogens (tertiary/aromatic N) is 4. The number of ether oxygens (including phenoxy) is 1. The summed E-state index contributed by atoms with van der Waals surface area (Å²) in [5.41, 5.74) is 2.51. The smallest absolute Gasteiger partial charge is 0.407 e. The van der Waals surface area contributed by atoms with Crippen LogP contribution >= 0.6 is 27.5 Å². The highest BCUT2D eigenvalue weighted by atomic mass is 79.9. The number of aryl methyl sites for hydroxylation is 1. The highest BCUT2D eigenvalue weighted by Crippen LogP contribution is 2.30. The number of carbonyl (C=O) groups excluding carboxylic acids is 2. The number of hydrogen-bond donors (Lipinski definition) is 1. The number of rotatable bonds is 10. The van der Waals surface area contributed by atoms with E-state index >= 15 is 0 Å². The maximum Gasteiger partial charge on any atom is 0.407 e. The van der Waals surface area contributed by atoms with Crippen LogP contribution in [0.1, 0.15) is 73.9 Å². The van der Waals surface area contributed by atoms with Gasteiger partial charge in [0.1, 0.15) is 5.60 Å². The lowest BCUT2D eigenvalue weighted by molar-refractivity contribution is 0.0523. The van der Waals surface area contributed by atoms with Gasteiger partial charge >= 0.3 is 11.8 Å². The van der Waals surface area contributed by atoms with Gasteiger partial charge in [-0.25, -0.2) is 9.59 Å². The van der Waals surface area contributed by atoms with Gasteiger partial charge in [0.15, 0.2) is 0 Å². The van der Waals surface area contributed by atoms with Gasteiger partial charge in [0.2, 0.25) is 0 Å². The summed E-state index contributed by atoms with van der Waals surface area (Å²) in [7, 11) is 0. The van der Waals surface area contributed by atoms with E-state index < -0.39 is 17.7 Å². The molecule has 0 aliphatic carbocycles. The van der Waals surface area contributed by atoms with Gasteiger partial charge in [0.05, 0.1) is 28.3 Å². The molecule has 2 aromatic heterocycles. The number of amides is 2. The molecule has 228 valence electrons. The molecule has 0 bridgehead atoms. The van der Waals surface area contributed by atoms with Crippen molar-refractivity contribution in [2.24, 2.45) is 0 Å². The Morgan fingerprint density at radius 1 is 1.12 bits per heavy atom. The number of fused-ring (bicyclic) bond motifs is 1. The maximum atomic E-state index is 14.1. The molecule has 0 aliphatic rings. The first-order chi connectivity index (χ1) is 20.4. The monoisotopic (exact) mass is 669 g/mol. The number of halogens is 2. The van der Waals surface area contributed by atoms with Gasteiger partial charge in [-0.3, -0.25) is 9.36 Å². The first-order valence-corrected chi connectivity index (χ1v) is 15.4. The zero-order valence-electron chi connectivity index (χ0n) is 25.1. The molecule has 11 heteroatoms. The molecule has 0 radical (unpaired) electrons. The molecule has 0 fully saturated rings. The van der Waals surface area contributed by atoms with Crippen LogP contribution in [0.2, 0.25) is 5.02 Å². The number of carbonyl (C=O) groups is 2. The Bertz CT molecular complexity index is 1650. The van der Waals surface area contributed by atoms with Crippen molar-refractivity contribution in [2.75, 3.05) is 13.1 Å². The van der Waals surface area contributed by atoms with Crippen LogP contribution in [0.5, 0.6) is 0 Å². The lowest BCUT2D eigenvalue weighted by Gasteiger charge is -2.33. The normalized spacial score (nSPS) is 12.3. The van der Waals surface area contributed by atoms with Crippen LogP contribution in [0.15, 0.2) is 69.9 Å². The summed E-state index contributed by atoms with van der Waals surface area (Å²) in [5.74, 6) is -0.205. The molecule has 0 unspecified atom stereocenters. The van der Waals surface area contributed by atoms with Crippen LogP contribution in [-0.4, -0.2) is 49.8 Å². The molecular formula is C32H37BrClN5O4. The Morgan fingerprint density at radius 2 is 1.79 bits per heavy atom. The fourth-order valence-electron chi connectivity index (χ4n) is 4.94. The first kappa shape index (κ1) is 32.3. The largest absolute Gasteiger partial charge is 0.444 e. The predicted molar refractivity (Wildman–Crippen MR) is 172 cm³/mol. The van der Waals surface area contributed by atoms with Crippen LogP contribution in [-0.2, 0) is 11.3 Å². The minimum atomic E-state index is -0.616. The lowest BCUT2D eigenvalue weighted by Crippen LogP contribution is -2.41. The van der Waals surface area contributed by atoms with E-state index in [9.17, 15) is 14.4 Å². The van der Waals surface area contributed by atoms with Crippen LogP contribution in [0.25, 0.3) is 5.52 Å². The van der Waals surface area contributed by atoms with E-state index in [2.05, 4.69) is 26.3 Å². The van der Waals surface area contributed by atoms with Crippen LogP contribution in [0.3, 0.4) is 0 Å². The predicted octanol–water partition coefficient (Wildman–Crippen LogP) is 6.78. The van der Waals surface area contributed by atoms with E-state index in [0.717, 1.165) is 10.0 Å². The summed E-state index contributed by atoms with van der Waals surface area (Å²) in [4.78, 5) is 42.1. The summed E-state index contributed by atoms with van der Waals surface area (Å²) in [6.45, 7) is 10.2. The molecule has 4 aromatic rings. The summed E-state index contributed by atoms with van der Waals surface area (Å²) in [6, 6.07) is 17.9. The summed E-state index contributed by atoms with van der Waals surface area (Å²) in [5, 5.41) is 7.77. The summed E-state index contributed by atoms with van der Waals surface area (Å²) >= 11 is 9.72. The molecule has 0 aliphatic heterocycles. The van der Waals surface area contributed by atoms with Crippen molar-refractivity contribution in [3.05, 3.63) is 103 Å². The van der Waals surface area contributed by atoms with Crippen molar-refractivity contribution in [3.8, 4) is 0 Å². The van der Waals surface area contributed by atoms with Gasteiger partial charge in [-0.2, -0.15) is 9.61 Å². The molecule has 43 heavy (non-hydrogen) atoms. The topological polar surface area (TPSA) is 97.9 Å². The number of nitrogens with one attached hydrogen (secondary N) is 1. The second-order valence-corrected chi connectivity index (χ2v) is 12.6. The molecule has 2 heterocycles. The van der Waals surface area contributed by atoms with E-state index in [4.69, 9.17) is 16.3 Å². The van der Waals surface area contributed by atoms with Crippen molar-refractivity contribution in [1.82, 2.24) is 24.4 Å². The summed E-state index contributed by atoms with van der Waals surface area (Å²) in [6.07, 6.45) is 0.488. The van der Waals surface area contributed by atoms with Gasteiger partial charge in [-0.05, 0) is 92.4 Å². The van der Waals surface area contributed by atoms with Crippen molar-refractivity contribution in [1.29, 1.82) is 0 Å². The van der Waals surface area contributed by atoms with Crippen molar-refractivity contribution in [3.63, 3.8) is 0 Å². The third-order valence-electron chi connectivity index (χ3n) is 6.91. The number of aromatic nitrogens is 3. The van der Waals surface area contributed by atoms with E-state index in [0.29, 0.717) is 60.0 Å². The Kier molecular flexibility index (Phi) is 10.3. The molecule has 4 rings (SSSR count). The summed E-state index contributed by atoms with van der Waals surface area (Å²) < 4.78 is 9.17. The first-order valence-electron chi connectivity index (χ1n) is 14.3. The molecule has 1 N–H and O–H groups in total. The molecule has 9 nitrogen and oxygen atoms in total. The molecule has 0 saturated heterocycles. The Hall–Kier alpha value is -3.63. The van der Waals surface area contributed by atoms with Crippen LogP contribution in [0.4, 0.5) is 4.79 Å². The Morgan fingerprint density at radius 3 is 2.42 bits per heavy atom. The standard InChI is InChI=1S/C32H37BrClN5O4/c1-6-25(26-19-27-28(33)21(2)36-39(27)31(42)38(26)20-22-11-8-7-9-12-22)37(29(40)23-13-15-24(34)16-14-23)18-10-17-35-30(41)43-32(3,4)5/h7-9,11-16,19,25H,6,10,17-18,20H2,1-5H3,(H,35,41)/t25-/m1/s1. The number of hydrogen-bond acceptors (Lipinski definition) is 5. The quantitative estimate of drug-likeness (QED) is 0.188. The van der Waals surface area contributed by atoms with E-state index in [1.807, 2.05) is 50.2 Å². The third-order valence-corrected chi connectivity index (χ3v) is 8.15. The van der Waals surface area contributed by atoms with Gasteiger partial charge < -0.3 is 15.0 Å². The average molecular weight is 671 g/mol. The van der Waals surface area contributed by atoms with Gasteiger partial charge in [-0.15, -0.1) is 0 Å². The number of benzene rings is 2. The molecule has 0 spiro atoms. The minimum absolute atomic E-state index is 0.205. The second-order valence-electron chi connectivity index (χ2n) is 11.3. The zero-order chi connectivity index (χ0) is 31.3. The van der Waals surface area contributed by atoms with Gasteiger partial charge in [-0.1, -0.05) is 48.9 Å². The van der Waals surface area contributed by atoms with Crippen LogP contribution < -0.4 is 11.0 Å². The molecule has 1 atom stereocenters. The Balaban J connectivity index is 1.76. The number of alkyl carbamates (subject to hydrolysis) is 1. The average Bonchev–Trinajstić information content (AvgIpc) is 3.25. The second kappa shape index (κ2) is 13.8. The highest BCUT2D eigenvalue weighted by Gasteiger charge is 2.29. The van der Waals surface area contributed by atoms with E-state index in [1.165, 1.54) is 4.52 Å². The molecule has 0 saturated carbocycles. The van der Waals surface area contributed by atoms with E-state index in [1.54, 1.807) is 54.5 Å². The maximum absolute atomic E-state index is 14.1. The van der Waals surface area contributed by atoms with Crippen LogP contribution in [0, 0.1) is 6.92 Å². The van der Waals surface area contributed by atoms with Crippen molar-refractivity contribution in [2.45, 2.75) is 65.6 Å². The molecule has 2 amide bonds. The SMILES string of the molecule is CC[C@H](c1cc2c(Br)c(C)nn2c(=O)n1Cc1ccccc1)N(CCCNC(=O)OC(C)(C)C)C(=O)c1ccc(Cl)cc1. The fourth-order valence-corrected chi connectivity index (χ4v) is 5.43. The van der Waals surface area contributed by atoms with Gasteiger partial charge in [0, 0.05) is 29.4 Å². The van der Waals surface area contributed by atoms with E-state index in [-0.39, 0.29) is 11.6 Å². The van der Waals surface area contributed by atoms with Crippen molar-refractivity contribution >= 4 is 45.0 Å². The zero-order valence-corrected chi connectivity index (χ0v) is 27.4. The fraction of sp³-hybridized carbons (Fsp3) is 0.375. The molecule has 2 aromatic carbocycles. The third kappa shape index (κ3) is 7.86. The minimum Gasteiger partial charge on any atom is -0.444 e. The van der Waals surface area contributed by atoms with Crippen molar-refractivity contribution < 1.29 is 14.3 Å².